The molecule has 3 nitrogen and oxygen atoms in total. The summed E-state index contributed by atoms with van der Waals surface area (Å²) < 4.78 is 19.4. The molecule has 0 amide bonds. The number of hydrogen-bond donors (Lipinski definition) is 0. The Morgan fingerprint density at radius 3 is 2.80 bits per heavy atom. The van der Waals surface area contributed by atoms with Gasteiger partial charge in [0.1, 0.15) is 17.9 Å². The summed E-state index contributed by atoms with van der Waals surface area (Å²) in [5.74, 6) is 0.859. The van der Waals surface area contributed by atoms with Gasteiger partial charge in [0.15, 0.2) is 0 Å². The van der Waals surface area contributed by atoms with E-state index in [1.165, 1.54) is 18.8 Å². The van der Waals surface area contributed by atoms with E-state index in [0.717, 1.165) is 36.9 Å². The third-order valence-electron chi connectivity index (χ3n) is 3.44. The van der Waals surface area contributed by atoms with Crippen molar-refractivity contribution >= 4 is 15.9 Å². The zero-order valence-electron chi connectivity index (χ0n) is 10.9. The average Bonchev–Trinajstić information content (AvgIpc) is 2.69. The van der Waals surface area contributed by atoms with Crippen LogP contribution in [-0.2, 0) is 12.8 Å². The summed E-state index contributed by atoms with van der Waals surface area (Å²) >= 11 is 3.16. The van der Waals surface area contributed by atoms with E-state index in [9.17, 15) is 4.39 Å². The largest absolute Gasteiger partial charge is 0.439 e. The predicted octanol–water partition coefficient (Wildman–Crippen LogP) is 4.44. The van der Waals surface area contributed by atoms with Crippen molar-refractivity contribution in [3.63, 3.8) is 0 Å². The Hall–Kier alpha value is -1.49. The van der Waals surface area contributed by atoms with Crippen LogP contribution in [0.25, 0.3) is 0 Å². The number of halogens is 2. The molecule has 0 atom stereocenters. The zero-order valence-corrected chi connectivity index (χ0v) is 12.5. The molecule has 2 aromatic rings. The Morgan fingerprint density at radius 2 is 1.95 bits per heavy atom. The highest BCUT2D eigenvalue weighted by molar-refractivity contribution is 9.10. The lowest BCUT2D eigenvalue weighted by Gasteiger charge is -2.11. The molecule has 0 spiro atoms. The number of rotatable bonds is 2. The molecule has 0 saturated heterocycles. The van der Waals surface area contributed by atoms with E-state index in [1.807, 2.05) is 0 Å². The first kappa shape index (κ1) is 13.5. The van der Waals surface area contributed by atoms with Crippen molar-refractivity contribution in [1.82, 2.24) is 9.97 Å². The van der Waals surface area contributed by atoms with Gasteiger partial charge in [0.2, 0.25) is 5.88 Å². The standard InChI is InChI=1S/C15H14BrFN2O/c16-12-8-10(6-7-13(12)17)20-15-11-4-2-1-3-5-14(11)18-9-19-15/h6-9H,1-5H2. The van der Waals surface area contributed by atoms with E-state index in [1.54, 1.807) is 12.1 Å². The number of nitrogens with zero attached hydrogens (tertiary/aromatic N) is 2. The fourth-order valence-electron chi connectivity index (χ4n) is 2.41. The van der Waals surface area contributed by atoms with Gasteiger partial charge in [-0.15, -0.1) is 0 Å². The Kier molecular flexibility index (Phi) is 3.96. The maximum atomic E-state index is 13.2. The molecule has 0 radical (unpaired) electrons. The number of aryl methyl sites for hydroxylation is 1. The quantitative estimate of drug-likeness (QED) is 0.760. The highest BCUT2D eigenvalue weighted by Crippen LogP contribution is 2.30. The molecule has 0 aliphatic heterocycles. The SMILES string of the molecule is Fc1ccc(Oc2ncnc3c2CCCCC3)cc1Br. The smallest absolute Gasteiger partial charge is 0.225 e. The molecule has 1 aromatic heterocycles. The zero-order chi connectivity index (χ0) is 13.9. The summed E-state index contributed by atoms with van der Waals surface area (Å²) in [5.41, 5.74) is 2.17. The van der Waals surface area contributed by atoms with Gasteiger partial charge in [-0.05, 0) is 59.8 Å². The van der Waals surface area contributed by atoms with Gasteiger partial charge in [0.05, 0.1) is 10.2 Å². The van der Waals surface area contributed by atoms with Crippen molar-refractivity contribution in [2.75, 3.05) is 0 Å². The van der Waals surface area contributed by atoms with Gasteiger partial charge in [-0.3, -0.25) is 0 Å². The van der Waals surface area contributed by atoms with Gasteiger partial charge in [-0.25, -0.2) is 14.4 Å². The molecule has 0 fully saturated rings. The molecule has 0 unspecified atom stereocenters. The predicted molar refractivity (Wildman–Crippen MR) is 77.5 cm³/mol. The normalized spacial score (nSPS) is 14.5. The molecule has 5 heteroatoms. The van der Waals surface area contributed by atoms with Crippen molar-refractivity contribution in [2.45, 2.75) is 32.1 Å². The highest BCUT2D eigenvalue weighted by Gasteiger charge is 2.16. The maximum absolute atomic E-state index is 13.2. The molecule has 0 bridgehead atoms. The fraction of sp³-hybridized carbons (Fsp3) is 0.333. The minimum atomic E-state index is -0.307. The van der Waals surface area contributed by atoms with E-state index >= 15 is 0 Å². The second kappa shape index (κ2) is 5.87. The average molecular weight is 337 g/mol. The van der Waals surface area contributed by atoms with Crippen LogP contribution in [0.4, 0.5) is 4.39 Å². The summed E-state index contributed by atoms with van der Waals surface area (Å²) in [4.78, 5) is 8.59. The Balaban J connectivity index is 1.92. The van der Waals surface area contributed by atoms with Gasteiger partial charge in [0, 0.05) is 5.56 Å². The molecular formula is C15H14BrFN2O. The second-order valence-electron chi connectivity index (χ2n) is 4.84. The second-order valence-corrected chi connectivity index (χ2v) is 5.70. The van der Waals surface area contributed by atoms with E-state index < -0.39 is 0 Å². The van der Waals surface area contributed by atoms with Crippen molar-refractivity contribution in [2.24, 2.45) is 0 Å². The van der Waals surface area contributed by atoms with E-state index in [-0.39, 0.29) is 5.82 Å². The summed E-state index contributed by atoms with van der Waals surface area (Å²) in [6.07, 6.45) is 6.94. The Labute approximate surface area is 125 Å². The molecule has 0 N–H and O–H groups in total. The molecule has 0 saturated carbocycles. The van der Waals surface area contributed by atoms with Gasteiger partial charge in [0.25, 0.3) is 0 Å². The number of hydrogen-bond acceptors (Lipinski definition) is 3. The van der Waals surface area contributed by atoms with Crippen molar-refractivity contribution in [1.29, 1.82) is 0 Å². The van der Waals surface area contributed by atoms with Crippen LogP contribution in [0.2, 0.25) is 0 Å². The van der Waals surface area contributed by atoms with Gasteiger partial charge < -0.3 is 4.74 Å². The van der Waals surface area contributed by atoms with Crippen LogP contribution in [0.15, 0.2) is 29.0 Å². The summed E-state index contributed by atoms with van der Waals surface area (Å²) in [7, 11) is 0. The molecular weight excluding hydrogens is 323 g/mol. The van der Waals surface area contributed by atoms with Gasteiger partial charge >= 0.3 is 0 Å². The van der Waals surface area contributed by atoms with E-state index in [4.69, 9.17) is 4.74 Å². The van der Waals surface area contributed by atoms with E-state index in [2.05, 4.69) is 25.9 Å². The molecule has 1 aliphatic carbocycles. The maximum Gasteiger partial charge on any atom is 0.225 e. The molecule has 1 aliphatic rings. The molecule has 3 rings (SSSR count). The number of fused-ring (bicyclic) bond motifs is 1. The number of ether oxygens (including phenoxy) is 1. The Morgan fingerprint density at radius 1 is 1.10 bits per heavy atom. The topological polar surface area (TPSA) is 35.0 Å². The van der Waals surface area contributed by atoms with Crippen molar-refractivity contribution in [3.05, 3.63) is 46.1 Å². The monoisotopic (exact) mass is 336 g/mol. The minimum absolute atomic E-state index is 0.307. The minimum Gasteiger partial charge on any atom is -0.439 e. The third-order valence-corrected chi connectivity index (χ3v) is 4.05. The van der Waals surface area contributed by atoms with Crippen LogP contribution in [-0.4, -0.2) is 9.97 Å². The molecule has 20 heavy (non-hydrogen) atoms. The van der Waals surface area contributed by atoms with Crippen molar-refractivity contribution in [3.8, 4) is 11.6 Å². The molecule has 1 aromatic carbocycles. The third kappa shape index (κ3) is 2.82. The Bertz CT molecular complexity index is 633. The van der Waals surface area contributed by atoms with Crippen LogP contribution < -0.4 is 4.74 Å². The van der Waals surface area contributed by atoms with Crippen LogP contribution >= 0.6 is 15.9 Å². The van der Waals surface area contributed by atoms with Gasteiger partial charge in [-0.1, -0.05) is 6.42 Å². The lowest BCUT2D eigenvalue weighted by atomic mass is 10.1. The van der Waals surface area contributed by atoms with Crippen LogP contribution in [0, 0.1) is 5.82 Å². The lowest BCUT2D eigenvalue weighted by molar-refractivity contribution is 0.450. The lowest BCUT2D eigenvalue weighted by Crippen LogP contribution is -2.01. The number of aromatic nitrogens is 2. The van der Waals surface area contributed by atoms with Crippen LogP contribution in [0.3, 0.4) is 0 Å². The first-order valence-corrected chi connectivity index (χ1v) is 7.49. The first-order chi connectivity index (χ1) is 9.74. The first-order valence-electron chi connectivity index (χ1n) is 6.69. The van der Waals surface area contributed by atoms with Crippen LogP contribution in [0.1, 0.15) is 30.5 Å². The molecule has 104 valence electrons. The fourth-order valence-corrected chi connectivity index (χ4v) is 2.77. The van der Waals surface area contributed by atoms with Crippen molar-refractivity contribution < 1.29 is 9.13 Å². The summed E-state index contributed by atoms with van der Waals surface area (Å²) in [6.45, 7) is 0. The van der Waals surface area contributed by atoms with Crippen LogP contribution in [0.5, 0.6) is 11.6 Å². The highest BCUT2D eigenvalue weighted by atomic mass is 79.9. The molecule has 1 heterocycles. The summed E-state index contributed by atoms with van der Waals surface area (Å²) in [6, 6.07) is 4.59. The summed E-state index contributed by atoms with van der Waals surface area (Å²) in [5, 5.41) is 0. The van der Waals surface area contributed by atoms with E-state index in [0.29, 0.717) is 16.1 Å². The van der Waals surface area contributed by atoms with Gasteiger partial charge in [-0.2, -0.15) is 0 Å². The number of benzene rings is 1.